The van der Waals surface area contributed by atoms with Crippen LogP contribution in [0.15, 0.2) is 28.9 Å². The van der Waals surface area contributed by atoms with E-state index in [0.717, 1.165) is 29.7 Å². The third-order valence-electron chi connectivity index (χ3n) is 2.50. The van der Waals surface area contributed by atoms with Crippen LogP contribution in [0.3, 0.4) is 0 Å². The van der Waals surface area contributed by atoms with Gasteiger partial charge in [0.05, 0.1) is 13.4 Å². The Kier molecular flexibility index (Phi) is 2.92. The van der Waals surface area contributed by atoms with E-state index in [1.165, 1.54) is 5.56 Å². The molecule has 2 rings (SSSR count). The first-order chi connectivity index (χ1) is 7.35. The van der Waals surface area contributed by atoms with Crippen LogP contribution in [0, 0.1) is 0 Å². The van der Waals surface area contributed by atoms with Gasteiger partial charge < -0.3 is 14.5 Å². The number of furan rings is 1. The second-order valence-corrected chi connectivity index (χ2v) is 3.48. The van der Waals surface area contributed by atoms with E-state index in [1.807, 2.05) is 25.2 Å². The van der Waals surface area contributed by atoms with E-state index in [2.05, 4.69) is 5.32 Å². The summed E-state index contributed by atoms with van der Waals surface area (Å²) in [6, 6.07) is 6.01. The molecule has 0 fully saturated rings. The highest BCUT2D eigenvalue weighted by Crippen LogP contribution is 2.26. The largest absolute Gasteiger partial charge is 0.496 e. The fourth-order valence-corrected chi connectivity index (χ4v) is 1.68. The van der Waals surface area contributed by atoms with E-state index < -0.39 is 0 Å². The highest BCUT2D eigenvalue weighted by atomic mass is 16.5. The maximum absolute atomic E-state index is 5.36. The standard InChI is InChI=1S/C12H15NO2/c1-13-5-3-9-8-12-10(4-6-15-12)7-11(9)14-2/h4,6-8,13H,3,5H2,1-2H3. The van der Waals surface area contributed by atoms with Crippen molar-refractivity contribution in [2.75, 3.05) is 20.7 Å². The maximum atomic E-state index is 5.36. The molecule has 0 atom stereocenters. The average molecular weight is 205 g/mol. The summed E-state index contributed by atoms with van der Waals surface area (Å²) in [6.07, 6.45) is 2.64. The highest BCUT2D eigenvalue weighted by Gasteiger charge is 2.06. The van der Waals surface area contributed by atoms with Crippen LogP contribution in [0.25, 0.3) is 11.0 Å². The first-order valence-corrected chi connectivity index (χ1v) is 5.04. The van der Waals surface area contributed by atoms with Crippen LogP contribution in [-0.4, -0.2) is 20.7 Å². The Hall–Kier alpha value is -1.48. The molecule has 0 saturated carbocycles. The summed E-state index contributed by atoms with van der Waals surface area (Å²) in [4.78, 5) is 0. The Morgan fingerprint density at radius 3 is 3.00 bits per heavy atom. The fourth-order valence-electron chi connectivity index (χ4n) is 1.68. The number of ether oxygens (including phenoxy) is 1. The van der Waals surface area contributed by atoms with Crippen molar-refractivity contribution in [3.63, 3.8) is 0 Å². The molecule has 3 nitrogen and oxygen atoms in total. The van der Waals surface area contributed by atoms with Crippen molar-refractivity contribution in [1.82, 2.24) is 5.32 Å². The summed E-state index contributed by atoms with van der Waals surface area (Å²) in [7, 11) is 3.64. The third-order valence-corrected chi connectivity index (χ3v) is 2.50. The molecule has 0 amide bonds. The van der Waals surface area contributed by atoms with E-state index in [9.17, 15) is 0 Å². The molecule has 3 heteroatoms. The smallest absolute Gasteiger partial charge is 0.134 e. The summed E-state index contributed by atoms with van der Waals surface area (Å²) in [5.41, 5.74) is 2.09. The normalized spacial score (nSPS) is 10.8. The van der Waals surface area contributed by atoms with Gasteiger partial charge in [0, 0.05) is 5.39 Å². The Balaban J connectivity index is 2.40. The van der Waals surface area contributed by atoms with Gasteiger partial charge in [0.2, 0.25) is 0 Å². The first-order valence-electron chi connectivity index (χ1n) is 5.04. The number of likely N-dealkylation sites (N-methyl/N-ethyl adjacent to an activating group) is 1. The molecule has 0 bridgehead atoms. The van der Waals surface area contributed by atoms with Gasteiger partial charge in [-0.15, -0.1) is 0 Å². The van der Waals surface area contributed by atoms with Gasteiger partial charge in [-0.25, -0.2) is 0 Å². The van der Waals surface area contributed by atoms with Crippen LogP contribution < -0.4 is 10.1 Å². The summed E-state index contributed by atoms with van der Waals surface area (Å²) < 4.78 is 10.7. The fraction of sp³-hybridized carbons (Fsp3) is 0.333. The molecule has 0 aliphatic heterocycles. The SMILES string of the molecule is CNCCc1cc2occc2cc1OC. The zero-order valence-electron chi connectivity index (χ0n) is 9.04. The number of nitrogens with one attached hydrogen (secondary N) is 1. The molecule has 0 saturated heterocycles. The van der Waals surface area contributed by atoms with Gasteiger partial charge in [-0.05, 0) is 43.8 Å². The van der Waals surface area contributed by atoms with Gasteiger partial charge in [-0.3, -0.25) is 0 Å². The zero-order chi connectivity index (χ0) is 10.7. The number of rotatable bonds is 4. The van der Waals surface area contributed by atoms with Gasteiger partial charge in [0.15, 0.2) is 0 Å². The highest BCUT2D eigenvalue weighted by molar-refractivity contribution is 5.80. The molecule has 2 aromatic rings. The Bertz CT molecular complexity index is 448. The second-order valence-electron chi connectivity index (χ2n) is 3.48. The van der Waals surface area contributed by atoms with Crippen molar-refractivity contribution >= 4 is 11.0 Å². The lowest BCUT2D eigenvalue weighted by atomic mass is 10.1. The molecule has 1 heterocycles. The number of benzene rings is 1. The lowest BCUT2D eigenvalue weighted by Crippen LogP contribution is -2.10. The minimum absolute atomic E-state index is 0.918. The minimum Gasteiger partial charge on any atom is -0.496 e. The number of methoxy groups -OCH3 is 1. The molecule has 0 spiro atoms. The van der Waals surface area contributed by atoms with E-state index in [0.29, 0.717) is 0 Å². The number of hydrogen-bond acceptors (Lipinski definition) is 3. The molecule has 80 valence electrons. The summed E-state index contributed by atoms with van der Waals surface area (Å²) in [5, 5.41) is 4.21. The van der Waals surface area contributed by atoms with Crippen LogP contribution in [0.1, 0.15) is 5.56 Å². The van der Waals surface area contributed by atoms with Crippen LogP contribution in [0.5, 0.6) is 5.75 Å². The summed E-state index contributed by atoms with van der Waals surface area (Å²) in [6.45, 7) is 0.933. The Morgan fingerprint density at radius 2 is 2.27 bits per heavy atom. The van der Waals surface area contributed by atoms with Crippen molar-refractivity contribution in [3.05, 3.63) is 30.0 Å². The second kappa shape index (κ2) is 4.36. The lowest BCUT2D eigenvalue weighted by molar-refractivity contribution is 0.410. The molecule has 1 aromatic carbocycles. The monoisotopic (exact) mass is 205 g/mol. The lowest BCUT2D eigenvalue weighted by Gasteiger charge is -2.07. The predicted octanol–water partition coefficient (Wildman–Crippen LogP) is 2.20. The molecule has 15 heavy (non-hydrogen) atoms. The Morgan fingerprint density at radius 1 is 1.40 bits per heavy atom. The Labute approximate surface area is 89.0 Å². The molecule has 0 radical (unpaired) electrons. The van der Waals surface area contributed by atoms with Crippen molar-refractivity contribution in [2.24, 2.45) is 0 Å². The average Bonchev–Trinajstić information content (AvgIpc) is 2.71. The molecule has 1 aromatic heterocycles. The van der Waals surface area contributed by atoms with Gasteiger partial charge in [-0.2, -0.15) is 0 Å². The van der Waals surface area contributed by atoms with E-state index in [1.54, 1.807) is 13.4 Å². The summed E-state index contributed by atoms with van der Waals surface area (Å²) >= 11 is 0. The predicted molar refractivity (Wildman–Crippen MR) is 60.4 cm³/mol. The first kappa shape index (κ1) is 10.1. The molecule has 1 N–H and O–H groups in total. The number of fused-ring (bicyclic) bond motifs is 1. The summed E-state index contributed by atoms with van der Waals surface area (Å²) in [5.74, 6) is 0.930. The van der Waals surface area contributed by atoms with Gasteiger partial charge in [0.1, 0.15) is 11.3 Å². The van der Waals surface area contributed by atoms with E-state index >= 15 is 0 Å². The molecular weight excluding hydrogens is 190 g/mol. The van der Waals surface area contributed by atoms with E-state index in [4.69, 9.17) is 9.15 Å². The molecule has 0 unspecified atom stereocenters. The van der Waals surface area contributed by atoms with Crippen molar-refractivity contribution in [1.29, 1.82) is 0 Å². The van der Waals surface area contributed by atoms with Crippen molar-refractivity contribution < 1.29 is 9.15 Å². The maximum Gasteiger partial charge on any atom is 0.134 e. The third kappa shape index (κ3) is 1.97. The van der Waals surface area contributed by atoms with Crippen LogP contribution in [0.4, 0.5) is 0 Å². The topological polar surface area (TPSA) is 34.4 Å². The quantitative estimate of drug-likeness (QED) is 0.831. The van der Waals surface area contributed by atoms with Gasteiger partial charge in [0.25, 0.3) is 0 Å². The van der Waals surface area contributed by atoms with Crippen LogP contribution >= 0.6 is 0 Å². The zero-order valence-corrected chi connectivity index (χ0v) is 9.04. The minimum atomic E-state index is 0.918. The van der Waals surface area contributed by atoms with Crippen molar-refractivity contribution in [2.45, 2.75) is 6.42 Å². The van der Waals surface area contributed by atoms with Crippen molar-refractivity contribution in [3.8, 4) is 5.75 Å². The van der Waals surface area contributed by atoms with E-state index in [-0.39, 0.29) is 0 Å². The molecule has 0 aliphatic rings. The van der Waals surface area contributed by atoms with Gasteiger partial charge >= 0.3 is 0 Å². The van der Waals surface area contributed by atoms with Crippen LogP contribution in [-0.2, 0) is 6.42 Å². The molecular formula is C12H15NO2. The molecule has 0 aliphatic carbocycles. The van der Waals surface area contributed by atoms with Crippen LogP contribution in [0.2, 0.25) is 0 Å². The number of hydrogen-bond donors (Lipinski definition) is 1. The van der Waals surface area contributed by atoms with Gasteiger partial charge in [-0.1, -0.05) is 0 Å².